The molecular weight excluding hydrogens is 312 g/mol. The molecule has 0 aromatic heterocycles. The molecule has 118 valence electrons. The van der Waals surface area contributed by atoms with Crippen LogP contribution in [0.2, 0.25) is 5.02 Å². The first-order valence-corrected chi connectivity index (χ1v) is 7.80. The van der Waals surface area contributed by atoms with E-state index in [0.717, 1.165) is 16.8 Å². The van der Waals surface area contributed by atoms with Crippen LogP contribution in [0.1, 0.15) is 17.5 Å². The summed E-state index contributed by atoms with van der Waals surface area (Å²) in [6.45, 7) is 3.81. The number of aryl methyl sites for hydroxylation is 2. The van der Waals surface area contributed by atoms with Gasteiger partial charge < -0.3 is 5.32 Å². The zero-order valence-electron chi connectivity index (χ0n) is 13.0. The predicted octanol–water partition coefficient (Wildman–Crippen LogP) is 3.70. The van der Waals surface area contributed by atoms with E-state index < -0.39 is 6.04 Å². The number of benzene rings is 2. The first kappa shape index (κ1) is 15.6. The molecule has 3 rings (SSSR count). The van der Waals surface area contributed by atoms with E-state index in [1.54, 1.807) is 24.3 Å². The van der Waals surface area contributed by atoms with E-state index in [2.05, 4.69) is 5.32 Å². The quantitative estimate of drug-likeness (QED) is 0.874. The van der Waals surface area contributed by atoms with Crippen molar-refractivity contribution in [1.82, 2.24) is 0 Å². The van der Waals surface area contributed by atoms with Gasteiger partial charge in [-0.1, -0.05) is 29.8 Å². The molecule has 5 heteroatoms. The van der Waals surface area contributed by atoms with Gasteiger partial charge in [-0.25, -0.2) is 4.90 Å². The number of para-hydroxylation sites is 1. The summed E-state index contributed by atoms with van der Waals surface area (Å²) in [4.78, 5) is 26.4. The number of nitrogens with zero attached hydrogens (tertiary/aromatic N) is 1. The molecule has 4 nitrogen and oxygen atoms in total. The van der Waals surface area contributed by atoms with Crippen LogP contribution in [0.15, 0.2) is 42.5 Å². The van der Waals surface area contributed by atoms with E-state index in [1.165, 1.54) is 4.90 Å². The van der Waals surface area contributed by atoms with Crippen molar-refractivity contribution in [3.8, 4) is 0 Å². The molecule has 1 aliphatic rings. The second-order valence-corrected chi connectivity index (χ2v) is 6.15. The minimum Gasteiger partial charge on any atom is -0.373 e. The number of carbonyl (C=O) groups is 2. The van der Waals surface area contributed by atoms with Crippen LogP contribution in [0.5, 0.6) is 0 Å². The molecule has 0 aliphatic carbocycles. The number of hydrogen-bond acceptors (Lipinski definition) is 3. The lowest BCUT2D eigenvalue weighted by molar-refractivity contribution is -0.121. The van der Waals surface area contributed by atoms with Gasteiger partial charge in [0.15, 0.2) is 0 Å². The van der Waals surface area contributed by atoms with E-state index in [4.69, 9.17) is 11.6 Å². The Kier molecular flexibility index (Phi) is 4.09. The van der Waals surface area contributed by atoms with Crippen LogP contribution < -0.4 is 10.2 Å². The first-order chi connectivity index (χ1) is 11.0. The van der Waals surface area contributed by atoms with Gasteiger partial charge in [0.1, 0.15) is 6.04 Å². The number of amides is 2. The third kappa shape index (κ3) is 2.94. The lowest BCUT2D eigenvalue weighted by atomic mass is 10.1. The van der Waals surface area contributed by atoms with Crippen molar-refractivity contribution < 1.29 is 9.59 Å². The normalized spacial score (nSPS) is 17.7. The van der Waals surface area contributed by atoms with Gasteiger partial charge in [-0.05, 0) is 49.2 Å². The molecule has 1 heterocycles. The van der Waals surface area contributed by atoms with Crippen LogP contribution in [0.4, 0.5) is 11.4 Å². The van der Waals surface area contributed by atoms with Gasteiger partial charge in [0.05, 0.1) is 12.1 Å². The Hall–Kier alpha value is -2.33. The van der Waals surface area contributed by atoms with Crippen molar-refractivity contribution in [3.63, 3.8) is 0 Å². The Morgan fingerprint density at radius 2 is 1.65 bits per heavy atom. The molecule has 1 fully saturated rings. The Bertz CT molecular complexity index is 751. The summed E-state index contributed by atoms with van der Waals surface area (Å²) >= 11 is 5.86. The van der Waals surface area contributed by atoms with E-state index in [-0.39, 0.29) is 18.2 Å². The zero-order chi connectivity index (χ0) is 16.6. The fourth-order valence-electron chi connectivity index (χ4n) is 2.89. The first-order valence-electron chi connectivity index (χ1n) is 7.42. The molecule has 0 spiro atoms. The molecule has 2 aromatic carbocycles. The summed E-state index contributed by atoms with van der Waals surface area (Å²) in [6.07, 6.45) is 0.148. The van der Waals surface area contributed by atoms with Gasteiger partial charge in [-0.3, -0.25) is 9.59 Å². The van der Waals surface area contributed by atoms with Gasteiger partial charge in [-0.2, -0.15) is 0 Å². The predicted molar refractivity (Wildman–Crippen MR) is 91.9 cm³/mol. The molecule has 0 saturated carbocycles. The fraction of sp³-hybridized carbons (Fsp3) is 0.222. The Morgan fingerprint density at radius 1 is 1.04 bits per heavy atom. The number of halogens is 1. The third-order valence-electron chi connectivity index (χ3n) is 3.99. The number of anilines is 2. The van der Waals surface area contributed by atoms with Crippen molar-refractivity contribution in [2.45, 2.75) is 26.3 Å². The lowest BCUT2D eigenvalue weighted by Gasteiger charge is -2.20. The standard InChI is InChI=1S/C18H17ClN2O2/c1-11-4-3-5-12(2)17(11)21-16(22)10-15(18(21)23)20-14-8-6-13(19)7-9-14/h3-9,15,20H,10H2,1-2H3/t15-/m0/s1. The maximum atomic E-state index is 12.7. The smallest absolute Gasteiger partial charge is 0.256 e. The van der Waals surface area contributed by atoms with E-state index in [0.29, 0.717) is 10.7 Å². The van der Waals surface area contributed by atoms with Crippen LogP contribution in [-0.4, -0.2) is 17.9 Å². The number of carbonyl (C=O) groups excluding carboxylic acids is 2. The van der Waals surface area contributed by atoms with Gasteiger partial charge in [0.2, 0.25) is 5.91 Å². The lowest BCUT2D eigenvalue weighted by Crippen LogP contribution is -2.35. The van der Waals surface area contributed by atoms with Gasteiger partial charge >= 0.3 is 0 Å². The largest absolute Gasteiger partial charge is 0.373 e. The molecule has 23 heavy (non-hydrogen) atoms. The van der Waals surface area contributed by atoms with Crippen molar-refractivity contribution in [1.29, 1.82) is 0 Å². The molecule has 1 saturated heterocycles. The fourth-order valence-corrected chi connectivity index (χ4v) is 3.01. The van der Waals surface area contributed by atoms with Crippen LogP contribution >= 0.6 is 11.6 Å². The second kappa shape index (κ2) is 6.05. The highest BCUT2D eigenvalue weighted by Crippen LogP contribution is 2.30. The minimum absolute atomic E-state index is 0.148. The van der Waals surface area contributed by atoms with E-state index >= 15 is 0 Å². The SMILES string of the molecule is Cc1cccc(C)c1N1C(=O)C[C@H](Nc2ccc(Cl)cc2)C1=O. The molecule has 1 aliphatic heterocycles. The molecule has 0 radical (unpaired) electrons. The van der Waals surface area contributed by atoms with Gasteiger partial charge in [0.25, 0.3) is 5.91 Å². The monoisotopic (exact) mass is 328 g/mol. The summed E-state index contributed by atoms with van der Waals surface area (Å²) in [7, 11) is 0. The Labute approximate surface area is 140 Å². The number of nitrogens with one attached hydrogen (secondary N) is 1. The van der Waals surface area contributed by atoms with Crippen LogP contribution in [-0.2, 0) is 9.59 Å². The highest BCUT2D eigenvalue weighted by atomic mass is 35.5. The average Bonchev–Trinajstić information content (AvgIpc) is 2.77. The molecule has 2 aromatic rings. The summed E-state index contributed by atoms with van der Waals surface area (Å²) in [5.74, 6) is -0.402. The molecule has 2 amide bonds. The van der Waals surface area contributed by atoms with Gasteiger partial charge in [-0.15, -0.1) is 0 Å². The molecule has 0 unspecified atom stereocenters. The summed E-state index contributed by atoms with van der Waals surface area (Å²) in [5, 5.41) is 3.74. The van der Waals surface area contributed by atoms with Crippen LogP contribution in [0, 0.1) is 13.8 Å². The maximum absolute atomic E-state index is 12.7. The van der Waals surface area contributed by atoms with E-state index in [9.17, 15) is 9.59 Å². The minimum atomic E-state index is -0.553. The molecule has 0 bridgehead atoms. The Balaban J connectivity index is 1.87. The molecular formula is C18H17ClN2O2. The summed E-state index contributed by atoms with van der Waals surface area (Å²) in [5.41, 5.74) is 3.30. The summed E-state index contributed by atoms with van der Waals surface area (Å²) in [6, 6.07) is 12.3. The van der Waals surface area contributed by atoms with Crippen molar-refractivity contribution in [2.24, 2.45) is 0 Å². The highest BCUT2D eigenvalue weighted by molar-refractivity contribution is 6.30. The van der Waals surface area contributed by atoms with E-state index in [1.807, 2.05) is 32.0 Å². The second-order valence-electron chi connectivity index (χ2n) is 5.72. The zero-order valence-corrected chi connectivity index (χ0v) is 13.7. The maximum Gasteiger partial charge on any atom is 0.256 e. The van der Waals surface area contributed by atoms with Crippen LogP contribution in [0.3, 0.4) is 0 Å². The number of rotatable bonds is 3. The third-order valence-corrected chi connectivity index (χ3v) is 4.25. The average molecular weight is 329 g/mol. The summed E-state index contributed by atoms with van der Waals surface area (Å²) < 4.78 is 0. The van der Waals surface area contributed by atoms with Crippen molar-refractivity contribution in [3.05, 3.63) is 58.6 Å². The van der Waals surface area contributed by atoms with Crippen molar-refractivity contribution in [2.75, 3.05) is 10.2 Å². The molecule has 1 atom stereocenters. The van der Waals surface area contributed by atoms with Crippen molar-refractivity contribution >= 4 is 34.8 Å². The van der Waals surface area contributed by atoms with Gasteiger partial charge in [0, 0.05) is 10.7 Å². The van der Waals surface area contributed by atoms with Crippen LogP contribution in [0.25, 0.3) is 0 Å². The Morgan fingerprint density at radius 3 is 2.26 bits per heavy atom. The number of hydrogen-bond donors (Lipinski definition) is 1. The highest BCUT2D eigenvalue weighted by Gasteiger charge is 2.40. The topological polar surface area (TPSA) is 49.4 Å². The molecule has 1 N–H and O–H groups in total. The number of imide groups is 1.